The van der Waals surface area contributed by atoms with Crippen LogP contribution in [0.4, 0.5) is 0 Å². The Morgan fingerprint density at radius 3 is 2.39 bits per heavy atom. The first-order valence-electron chi connectivity index (χ1n) is 10.4. The van der Waals surface area contributed by atoms with E-state index < -0.39 is 0 Å². The highest BCUT2D eigenvalue weighted by atomic mass is 32.2. The van der Waals surface area contributed by atoms with Crippen LogP contribution in [0.1, 0.15) is 46.1 Å². The second kappa shape index (κ2) is 9.01. The molecule has 1 aliphatic heterocycles. The highest BCUT2D eigenvalue weighted by Crippen LogP contribution is 2.39. The molecule has 1 N–H and O–H groups in total. The number of benzene rings is 1. The summed E-state index contributed by atoms with van der Waals surface area (Å²) in [5.74, 6) is 0.695. The van der Waals surface area contributed by atoms with Crippen LogP contribution in [-0.4, -0.2) is 39.8 Å². The van der Waals surface area contributed by atoms with Gasteiger partial charge in [-0.05, 0) is 69.9 Å². The molecule has 0 atom stereocenters. The molecule has 0 unspecified atom stereocenters. The first-order valence-corrected chi connectivity index (χ1v) is 11.3. The second-order valence-corrected chi connectivity index (χ2v) is 10.7. The Hall–Kier alpha value is -2.38. The van der Waals surface area contributed by atoms with E-state index in [0.717, 1.165) is 34.6 Å². The zero-order valence-electron chi connectivity index (χ0n) is 19.2. The van der Waals surface area contributed by atoms with Crippen LogP contribution in [0.25, 0.3) is 11.1 Å². The predicted octanol–water partition coefficient (Wildman–Crippen LogP) is 4.47. The normalized spacial score (nSPS) is 18.6. The summed E-state index contributed by atoms with van der Waals surface area (Å²) in [6, 6.07) is 9.47. The Morgan fingerprint density at radius 2 is 1.81 bits per heavy atom. The minimum absolute atomic E-state index is 0.0412. The van der Waals surface area contributed by atoms with Crippen molar-refractivity contribution in [1.82, 2.24) is 9.88 Å². The molecule has 0 saturated carbocycles. The molecule has 166 valence electrons. The minimum atomic E-state index is -0.0506. The molecule has 1 aliphatic rings. The number of nitrogens with zero attached hydrogens (tertiary/aromatic N) is 3. The number of hydrogen-bond donors (Lipinski definition) is 1. The molecule has 0 radical (unpaired) electrons. The summed E-state index contributed by atoms with van der Waals surface area (Å²) in [6.07, 6.45) is 3.80. The molecule has 1 saturated heterocycles. The van der Waals surface area contributed by atoms with Gasteiger partial charge in [0.1, 0.15) is 10.8 Å². The molecule has 0 amide bonds. The average Bonchev–Trinajstić information content (AvgIpc) is 2.67. The Balaban J connectivity index is 1.94. The predicted molar refractivity (Wildman–Crippen MR) is 132 cm³/mol. The van der Waals surface area contributed by atoms with Crippen LogP contribution in [0.15, 0.2) is 51.5 Å². The van der Waals surface area contributed by atoms with Crippen molar-refractivity contribution < 1.29 is 4.74 Å². The van der Waals surface area contributed by atoms with Crippen LogP contribution in [0, 0.1) is 0 Å². The highest BCUT2D eigenvalue weighted by Gasteiger charge is 2.38. The third-order valence-electron chi connectivity index (χ3n) is 5.46. The Labute approximate surface area is 188 Å². The van der Waals surface area contributed by atoms with Gasteiger partial charge in [0, 0.05) is 42.4 Å². The highest BCUT2D eigenvalue weighted by molar-refractivity contribution is 8.15. The van der Waals surface area contributed by atoms with Crippen molar-refractivity contribution >= 4 is 23.5 Å². The summed E-state index contributed by atoms with van der Waals surface area (Å²) >= 11 is 1.73. The molecule has 0 aliphatic carbocycles. The van der Waals surface area contributed by atoms with Gasteiger partial charge >= 0.3 is 0 Å². The van der Waals surface area contributed by atoms with E-state index in [2.05, 4.69) is 49.9 Å². The van der Waals surface area contributed by atoms with E-state index in [4.69, 9.17) is 4.74 Å². The van der Waals surface area contributed by atoms with Gasteiger partial charge in [-0.1, -0.05) is 6.07 Å². The van der Waals surface area contributed by atoms with Crippen molar-refractivity contribution in [2.45, 2.75) is 56.9 Å². The quantitative estimate of drug-likeness (QED) is 0.423. The van der Waals surface area contributed by atoms with Crippen LogP contribution in [0.3, 0.4) is 0 Å². The summed E-state index contributed by atoms with van der Waals surface area (Å²) in [5.41, 5.74) is 2.67. The van der Waals surface area contributed by atoms with E-state index in [1.807, 2.05) is 24.3 Å². The molecular formula is C24H32N4O2S. The number of pyridine rings is 1. The third kappa shape index (κ3) is 5.66. The molecule has 3 rings (SSSR count). The van der Waals surface area contributed by atoms with E-state index in [1.165, 1.54) is 0 Å². The van der Waals surface area contributed by atoms with E-state index in [0.29, 0.717) is 11.0 Å². The summed E-state index contributed by atoms with van der Waals surface area (Å²) in [5, 5.41) is 13.1. The zero-order valence-corrected chi connectivity index (χ0v) is 20.0. The molecular weight excluding hydrogens is 408 g/mol. The number of rotatable bonds is 5. The zero-order chi connectivity index (χ0) is 22.8. The lowest BCUT2D eigenvalue weighted by molar-refractivity contribution is 0.189. The number of hydrogen-bond acceptors (Lipinski definition) is 6. The fraction of sp³-hybridized carbons (Fsp3) is 0.458. The SMILES string of the molecule is C=N/N=C(\SC1CC(C)(C)NC(C)(C)C1)c1ccc(-c2ccn(C)c(=O)c2)cc1OC. The molecule has 0 spiro atoms. The van der Waals surface area contributed by atoms with Gasteiger partial charge in [0.25, 0.3) is 5.56 Å². The maximum absolute atomic E-state index is 12.0. The van der Waals surface area contributed by atoms with Crippen LogP contribution >= 0.6 is 11.8 Å². The maximum Gasteiger partial charge on any atom is 0.250 e. The molecule has 2 aromatic rings. The standard InChI is InChI=1S/C24H32N4O2S/c1-23(2)14-18(15-24(3,4)27-23)31-22(26-25-5)19-9-8-16(12-20(19)30-7)17-10-11-28(6)21(29)13-17/h8-13,18,27H,5,14-15H2,1-4,6-7H3/b26-22-. The number of nitrogens with one attached hydrogen (secondary N) is 1. The fourth-order valence-electron chi connectivity index (χ4n) is 4.45. The van der Waals surface area contributed by atoms with Crippen LogP contribution < -0.4 is 15.6 Å². The van der Waals surface area contributed by atoms with Gasteiger partial charge in [-0.3, -0.25) is 4.79 Å². The summed E-state index contributed by atoms with van der Waals surface area (Å²) in [7, 11) is 3.38. The van der Waals surface area contributed by atoms with Crippen molar-refractivity contribution in [2.75, 3.05) is 7.11 Å². The number of ether oxygens (including phenoxy) is 1. The monoisotopic (exact) mass is 440 g/mol. The van der Waals surface area contributed by atoms with Crippen LogP contribution in [-0.2, 0) is 7.05 Å². The number of thioether (sulfide) groups is 1. The lowest BCUT2D eigenvalue weighted by Crippen LogP contribution is -2.58. The van der Waals surface area contributed by atoms with Crippen molar-refractivity contribution in [3.63, 3.8) is 0 Å². The van der Waals surface area contributed by atoms with E-state index in [1.54, 1.807) is 42.7 Å². The average molecular weight is 441 g/mol. The lowest BCUT2D eigenvalue weighted by atomic mass is 9.82. The second-order valence-electron chi connectivity index (χ2n) is 9.37. The Morgan fingerprint density at radius 1 is 1.16 bits per heavy atom. The summed E-state index contributed by atoms with van der Waals surface area (Å²) in [6.45, 7) is 12.5. The van der Waals surface area contributed by atoms with Crippen molar-refractivity contribution in [2.24, 2.45) is 17.3 Å². The fourth-order valence-corrected chi connectivity index (χ4v) is 6.17. The van der Waals surface area contributed by atoms with Gasteiger partial charge < -0.3 is 14.6 Å². The third-order valence-corrected chi connectivity index (χ3v) is 6.65. The van der Waals surface area contributed by atoms with Crippen LogP contribution in [0.2, 0.25) is 0 Å². The van der Waals surface area contributed by atoms with E-state index in [-0.39, 0.29) is 16.6 Å². The van der Waals surface area contributed by atoms with E-state index >= 15 is 0 Å². The van der Waals surface area contributed by atoms with Gasteiger partial charge in [0.15, 0.2) is 0 Å². The first kappa shape index (κ1) is 23.3. The maximum atomic E-state index is 12.0. The Bertz CT molecular complexity index is 1040. The number of aromatic nitrogens is 1. The number of piperidine rings is 1. The molecule has 0 bridgehead atoms. The molecule has 1 aromatic heterocycles. The summed E-state index contributed by atoms with van der Waals surface area (Å²) in [4.78, 5) is 12.0. The van der Waals surface area contributed by atoms with Crippen molar-refractivity contribution in [1.29, 1.82) is 0 Å². The smallest absolute Gasteiger partial charge is 0.250 e. The Kier molecular flexibility index (Phi) is 6.76. The van der Waals surface area contributed by atoms with E-state index in [9.17, 15) is 4.79 Å². The van der Waals surface area contributed by atoms with Crippen LogP contribution in [0.5, 0.6) is 5.75 Å². The van der Waals surface area contributed by atoms with Gasteiger partial charge in [0.2, 0.25) is 0 Å². The lowest BCUT2D eigenvalue weighted by Gasteiger charge is -2.46. The van der Waals surface area contributed by atoms with Crippen molar-refractivity contribution in [3.05, 3.63) is 52.4 Å². The number of aryl methyl sites for hydroxylation is 1. The first-order chi connectivity index (χ1) is 14.5. The van der Waals surface area contributed by atoms with Gasteiger partial charge in [-0.2, -0.15) is 5.10 Å². The molecule has 2 heterocycles. The molecule has 1 fully saturated rings. The molecule has 31 heavy (non-hydrogen) atoms. The molecule has 7 heteroatoms. The molecule has 1 aromatic carbocycles. The largest absolute Gasteiger partial charge is 0.496 e. The topological polar surface area (TPSA) is 68.0 Å². The molecule has 6 nitrogen and oxygen atoms in total. The van der Waals surface area contributed by atoms with Gasteiger partial charge in [0.05, 0.1) is 12.7 Å². The van der Waals surface area contributed by atoms with Crippen molar-refractivity contribution in [3.8, 4) is 16.9 Å². The minimum Gasteiger partial charge on any atom is -0.496 e. The number of methoxy groups -OCH3 is 1. The summed E-state index contributed by atoms with van der Waals surface area (Å²) < 4.78 is 7.26. The van der Waals surface area contributed by atoms with Gasteiger partial charge in [-0.25, -0.2) is 0 Å². The van der Waals surface area contributed by atoms with Gasteiger partial charge in [-0.15, -0.1) is 16.9 Å².